The molecule has 0 aliphatic carbocycles. The van der Waals surface area contributed by atoms with Gasteiger partial charge >= 0.3 is 5.97 Å². The van der Waals surface area contributed by atoms with Crippen molar-refractivity contribution < 1.29 is 24.2 Å². The quantitative estimate of drug-likeness (QED) is 0.632. The van der Waals surface area contributed by atoms with Gasteiger partial charge in [-0.25, -0.2) is 0 Å². The average molecular weight is 311 g/mol. The molecule has 2 atom stereocenters. The summed E-state index contributed by atoms with van der Waals surface area (Å²) in [5, 5.41) is 8.40. The van der Waals surface area contributed by atoms with Crippen LogP contribution in [0.15, 0.2) is 30.3 Å². The number of hydrogen-bond donors (Lipinski definition) is 1. The first-order chi connectivity index (χ1) is 10.1. The predicted molar refractivity (Wildman–Crippen MR) is 78.1 cm³/mol. The summed E-state index contributed by atoms with van der Waals surface area (Å²) in [6.07, 6.45) is -1.16. The van der Waals surface area contributed by atoms with E-state index in [4.69, 9.17) is 14.6 Å². The Labute approximate surface area is 127 Å². The first-order valence-electron chi connectivity index (χ1n) is 6.49. The van der Waals surface area contributed by atoms with Crippen LogP contribution in [0, 0.1) is 0 Å². The van der Waals surface area contributed by atoms with Crippen LogP contribution < -0.4 is 4.74 Å². The summed E-state index contributed by atoms with van der Waals surface area (Å²) in [6, 6.07) is 9.17. The van der Waals surface area contributed by atoms with Crippen LogP contribution in [0.5, 0.6) is 5.75 Å². The number of methoxy groups -OCH3 is 1. The summed E-state index contributed by atoms with van der Waals surface area (Å²) in [7, 11) is 1.51. The second-order valence-electron chi connectivity index (χ2n) is 4.45. The Hall–Kier alpha value is -1.73. The molecule has 6 nitrogen and oxygen atoms in total. The van der Waals surface area contributed by atoms with Crippen molar-refractivity contribution in [2.24, 2.45) is 0 Å². The van der Waals surface area contributed by atoms with E-state index in [1.165, 1.54) is 23.8 Å². The number of rotatable bonds is 6. The van der Waals surface area contributed by atoms with Gasteiger partial charge in [0.15, 0.2) is 0 Å². The van der Waals surface area contributed by atoms with Gasteiger partial charge in [-0.1, -0.05) is 18.2 Å². The first kappa shape index (κ1) is 15.7. The van der Waals surface area contributed by atoms with Gasteiger partial charge in [-0.2, -0.15) is 0 Å². The highest BCUT2D eigenvalue weighted by Crippen LogP contribution is 2.29. The predicted octanol–water partition coefficient (Wildman–Crippen LogP) is 1.41. The Kier molecular flexibility index (Phi) is 5.46. The molecule has 1 N–H and O–H groups in total. The lowest BCUT2D eigenvalue weighted by atomic mass is 10.3. The third-order valence-corrected chi connectivity index (χ3v) is 4.25. The smallest absolute Gasteiger partial charge is 0.312 e. The third kappa shape index (κ3) is 4.12. The second-order valence-corrected chi connectivity index (χ2v) is 5.68. The van der Waals surface area contributed by atoms with Crippen LogP contribution in [0.3, 0.4) is 0 Å². The van der Waals surface area contributed by atoms with Gasteiger partial charge in [0.1, 0.15) is 17.5 Å². The SMILES string of the molecule is COC(Oc1ccccc1)C1SCCN1C(=O)CC(=O)O. The van der Waals surface area contributed by atoms with Crippen molar-refractivity contribution in [1.29, 1.82) is 0 Å². The van der Waals surface area contributed by atoms with E-state index in [0.717, 1.165) is 5.75 Å². The molecule has 1 fully saturated rings. The highest BCUT2D eigenvalue weighted by molar-refractivity contribution is 8.00. The summed E-state index contributed by atoms with van der Waals surface area (Å²) >= 11 is 1.52. The van der Waals surface area contributed by atoms with Crippen molar-refractivity contribution in [2.45, 2.75) is 18.1 Å². The number of aliphatic carboxylic acids is 1. The Morgan fingerprint density at radius 1 is 1.43 bits per heavy atom. The number of hydrogen-bond acceptors (Lipinski definition) is 5. The van der Waals surface area contributed by atoms with E-state index in [9.17, 15) is 9.59 Å². The van der Waals surface area contributed by atoms with Gasteiger partial charge in [0.2, 0.25) is 12.2 Å². The molecule has 1 heterocycles. The number of carbonyl (C=O) groups excluding carboxylic acids is 1. The molecule has 0 spiro atoms. The van der Waals surface area contributed by atoms with E-state index in [0.29, 0.717) is 12.3 Å². The molecule has 0 radical (unpaired) electrons. The van der Waals surface area contributed by atoms with Gasteiger partial charge in [0.05, 0.1) is 0 Å². The number of thioether (sulfide) groups is 1. The molecule has 1 aromatic carbocycles. The number of carbonyl (C=O) groups is 2. The molecule has 1 aliphatic heterocycles. The van der Waals surface area contributed by atoms with Crippen molar-refractivity contribution >= 4 is 23.6 Å². The Morgan fingerprint density at radius 3 is 2.76 bits per heavy atom. The zero-order valence-electron chi connectivity index (χ0n) is 11.6. The van der Waals surface area contributed by atoms with Crippen LogP contribution in [0.25, 0.3) is 0 Å². The molecule has 1 amide bonds. The number of carboxylic acid groups (broad SMARTS) is 1. The van der Waals surface area contributed by atoms with Crippen molar-refractivity contribution in [1.82, 2.24) is 4.90 Å². The molecule has 0 bridgehead atoms. The van der Waals surface area contributed by atoms with Gasteiger partial charge in [0, 0.05) is 19.4 Å². The van der Waals surface area contributed by atoms with E-state index < -0.39 is 24.6 Å². The number of ether oxygens (including phenoxy) is 2. The average Bonchev–Trinajstić information content (AvgIpc) is 2.94. The number of nitrogens with zero attached hydrogens (tertiary/aromatic N) is 1. The lowest BCUT2D eigenvalue weighted by molar-refractivity contribution is -0.148. The molecule has 0 saturated carbocycles. The first-order valence-corrected chi connectivity index (χ1v) is 7.54. The lowest BCUT2D eigenvalue weighted by Crippen LogP contribution is -2.45. The Morgan fingerprint density at radius 2 is 2.14 bits per heavy atom. The maximum Gasteiger partial charge on any atom is 0.312 e. The highest BCUT2D eigenvalue weighted by atomic mass is 32.2. The van der Waals surface area contributed by atoms with E-state index >= 15 is 0 Å². The number of carboxylic acids is 1. The zero-order chi connectivity index (χ0) is 15.2. The van der Waals surface area contributed by atoms with Gasteiger partial charge in [0.25, 0.3) is 0 Å². The molecule has 7 heteroatoms. The Bertz CT molecular complexity index is 495. The number of para-hydroxylation sites is 1. The molecule has 2 unspecified atom stereocenters. The van der Waals surface area contributed by atoms with Crippen molar-refractivity contribution in [2.75, 3.05) is 19.4 Å². The summed E-state index contributed by atoms with van der Waals surface area (Å²) < 4.78 is 11.1. The fourth-order valence-electron chi connectivity index (χ4n) is 2.07. The van der Waals surface area contributed by atoms with E-state index in [1.807, 2.05) is 18.2 Å². The summed E-state index contributed by atoms with van der Waals surface area (Å²) in [5.41, 5.74) is 0. The van der Waals surface area contributed by atoms with E-state index in [-0.39, 0.29) is 5.37 Å². The van der Waals surface area contributed by atoms with Crippen LogP contribution >= 0.6 is 11.8 Å². The maximum absolute atomic E-state index is 12.0. The molecule has 0 aromatic heterocycles. The van der Waals surface area contributed by atoms with Gasteiger partial charge in [-0.3, -0.25) is 9.59 Å². The van der Waals surface area contributed by atoms with Crippen molar-refractivity contribution in [3.8, 4) is 5.75 Å². The summed E-state index contributed by atoms with van der Waals surface area (Å²) in [6.45, 7) is 0.499. The molecule has 21 heavy (non-hydrogen) atoms. The standard InChI is InChI=1S/C14H17NO5S/c1-19-14(20-10-5-3-2-4-6-10)13-15(7-8-21-13)11(16)9-12(17)18/h2-6,13-14H,7-9H2,1H3,(H,17,18). The summed E-state index contributed by atoms with van der Waals surface area (Å²) in [4.78, 5) is 24.2. The molecule has 1 aromatic rings. The minimum atomic E-state index is -1.13. The van der Waals surface area contributed by atoms with Gasteiger partial charge in [-0.05, 0) is 12.1 Å². The van der Waals surface area contributed by atoms with Crippen molar-refractivity contribution in [3.05, 3.63) is 30.3 Å². The van der Waals surface area contributed by atoms with Gasteiger partial charge in [-0.15, -0.1) is 11.8 Å². The number of benzene rings is 1. The fourth-order valence-corrected chi connectivity index (χ4v) is 3.34. The summed E-state index contributed by atoms with van der Waals surface area (Å²) in [5.74, 6) is -0.180. The van der Waals surface area contributed by atoms with Crippen LogP contribution in [0.2, 0.25) is 0 Å². The monoisotopic (exact) mass is 311 g/mol. The molecule has 2 rings (SSSR count). The van der Waals surface area contributed by atoms with Gasteiger partial charge < -0.3 is 19.5 Å². The second kappa shape index (κ2) is 7.33. The fraction of sp³-hybridized carbons (Fsp3) is 0.429. The van der Waals surface area contributed by atoms with Crippen LogP contribution in [-0.4, -0.2) is 53.0 Å². The number of amides is 1. The van der Waals surface area contributed by atoms with Crippen molar-refractivity contribution in [3.63, 3.8) is 0 Å². The topological polar surface area (TPSA) is 76.1 Å². The maximum atomic E-state index is 12.0. The third-order valence-electron chi connectivity index (χ3n) is 3.01. The zero-order valence-corrected chi connectivity index (χ0v) is 12.4. The van der Waals surface area contributed by atoms with Crippen LogP contribution in [0.1, 0.15) is 6.42 Å². The van der Waals surface area contributed by atoms with E-state index in [1.54, 1.807) is 12.1 Å². The normalized spacial score (nSPS) is 19.3. The van der Waals surface area contributed by atoms with Crippen LogP contribution in [0.4, 0.5) is 0 Å². The molecule has 114 valence electrons. The molecule has 1 aliphatic rings. The minimum Gasteiger partial charge on any atom is -0.481 e. The molecule has 1 saturated heterocycles. The molecular formula is C14H17NO5S. The highest BCUT2D eigenvalue weighted by Gasteiger charge is 2.37. The largest absolute Gasteiger partial charge is 0.481 e. The minimum absolute atomic E-state index is 0.345. The molecular weight excluding hydrogens is 294 g/mol. The Balaban J connectivity index is 2.05. The lowest BCUT2D eigenvalue weighted by Gasteiger charge is -2.29. The van der Waals surface area contributed by atoms with Crippen LogP contribution in [-0.2, 0) is 14.3 Å². The van der Waals surface area contributed by atoms with E-state index in [2.05, 4.69) is 0 Å².